The van der Waals surface area contributed by atoms with Crippen LogP contribution in [0.1, 0.15) is 28.9 Å². The first-order valence-electron chi connectivity index (χ1n) is 6.51. The molecule has 2 aromatic carbocycles. The Labute approximate surface area is 138 Å². The van der Waals surface area contributed by atoms with Gasteiger partial charge in [0.1, 0.15) is 0 Å². The Morgan fingerprint density at radius 3 is 2.55 bits per heavy atom. The van der Waals surface area contributed by atoms with Crippen LogP contribution in [0, 0.1) is 5.82 Å². The van der Waals surface area contributed by atoms with E-state index in [1.807, 2.05) is 0 Å². The number of ether oxygens (including phenoxy) is 1. The van der Waals surface area contributed by atoms with E-state index in [1.54, 1.807) is 25.1 Å². The van der Waals surface area contributed by atoms with Crippen molar-refractivity contribution in [3.8, 4) is 5.75 Å². The number of rotatable bonds is 4. The molecule has 1 N–H and O–H groups in total. The van der Waals surface area contributed by atoms with Gasteiger partial charge in [-0.05, 0) is 42.8 Å². The van der Waals surface area contributed by atoms with Gasteiger partial charge in [-0.2, -0.15) is 0 Å². The third-order valence-electron chi connectivity index (χ3n) is 3.20. The third-order valence-corrected chi connectivity index (χ3v) is 3.75. The summed E-state index contributed by atoms with van der Waals surface area (Å²) in [6.07, 6.45) is 0. The lowest BCUT2D eigenvalue weighted by molar-refractivity contribution is 0.0940. The average molecular weight is 342 g/mol. The topological polar surface area (TPSA) is 38.3 Å². The number of carbonyl (C=O) groups is 1. The van der Waals surface area contributed by atoms with Crippen molar-refractivity contribution < 1.29 is 13.9 Å². The molecule has 22 heavy (non-hydrogen) atoms. The Balaban J connectivity index is 2.15. The molecule has 0 aliphatic rings. The van der Waals surface area contributed by atoms with Crippen molar-refractivity contribution in [2.75, 3.05) is 7.11 Å². The van der Waals surface area contributed by atoms with E-state index < -0.39 is 5.82 Å². The Morgan fingerprint density at radius 2 is 1.95 bits per heavy atom. The molecule has 6 heteroatoms. The first-order chi connectivity index (χ1) is 10.4. The van der Waals surface area contributed by atoms with Gasteiger partial charge < -0.3 is 10.1 Å². The van der Waals surface area contributed by atoms with Crippen molar-refractivity contribution in [1.29, 1.82) is 0 Å². The number of amides is 1. The van der Waals surface area contributed by atoms with Crippen molar-refractivity contribution in [3.05, 3.63) is 63.4 Å². The van der Waals surface area contributed by atoms with Gasteiger partial charge in [0.25, 0.3) is 5.91 Å². The van der Waals surface area contributed by atoms with Crippen molar-refractivity contribution in [3.63, 3.8) is 0 Å². The second-order valence-corrected chi connectivity index (χ2v) is 5.56. The van der Waals surface area contributed by atoms with E-state index in [0.29, 0.717) is 16.1 Å². The molecule has 2 rings (SSSR count). The number of hydrogen-bond donors (Lipinski definition) is 1. The van der Waals surface area contributed by atoms with E-state index in [0.717, 1.165) is 0 Å². The number of hydrogen-bond acceptors (Lipinski definition) is 2. The van der Waals surface area contributed by atoms with Crippen LogP contribution in [-0.2, 0) is 0 Å². The van der Waals surface area contributed by atoms with Crippen LogP contribution in [0.25, 0.3) is 0 Å². The molecule has 1 atom stereocenters. The summed E-state index contributed by atoms with van der Waals surface area (Å²) in [5.74, 6) is -0.681. The highest BCUT2D eigenvalue weighted by molar-refractivity contribution is 6.36. The Morgan fingerprint density at radius 1 is 1.23 bits per heavy atom. The fourth-order valence-corrected chi connectivity index (χ4v) is 2.48. The van der Waals surface area contributed by atoms with Gasteiger partial charge in [0.2, 0.25) is 0 Å². The zero-order chi connectivity index (χ0) is 16.3. The lowest BCUT2D eigenvalue weighted by Gasteiger charge is -2.16. The summed E-state index contributed by atoms with van der Waals surface area (Å²) >= 11 is 11.8. The predicted molar refractivity (Wildman–Crippen MR) is 85.3 cm³/mol. The van der Waals surface area contributed by atoms with Gasteiger partial charge >= 0.3 is 0 Å². The zero-order valence-electron chi connectivity index (χ0n) is 12.0. The first-order valence-corrected chi connectivity index (χ1v) is 7.27. The molecule has 0 saturated heterocycles. The van der Waals surface area contributed by atoms with Crippen LogP contribution in [0.15, 0.2) is 36.4 Å². The highest BCUT2D eigenvalue weighted by atomic mass is 35.5. The van der Waals surface area contributed by atoms with Gasteiger partial charge in [0.15, 0.2) is 11.6 Å². The van der Waals surface area contributed by atoms with Crippen LogP contribution in [-0.4, -0.2) is 13.0 Å². The minimum Gasteiger partial charge on any atom is -0.494 e. The maximum atomic E-state index is 13.7. The molecule has 0 spiro atoms. The standard InChI is InChI=1S/C16H14Cl2FNO2/c1-9(10-3-6-15(22-2)14(19)7-10)20-16(21)12-5-4-11(17)8-13(12)18/h3-9H,1-2H3,(H,20,21). The summed E-state index contributed by atoms with van der Waals surface area (Å²) in [7, 11) is 1.39. The van der Waals surface area contributed by atoms with Crippen LogP contribution in [0.5, 0.6) is 5.75 Å². The van der Waals surface area contributed by atoms with Gasteiger partial charge in [-0.15, -0.1) is 0 Å². The summed E-state index contributed by atoms with van der Waals surface area (Å²) in [5.41, 5.74) is 0.934. The van der Waals surface area contributed by atoms with Crippen LogP contribution >= 0.6 is 23.2 Å². The molecule has 0 aliphatic heterocycles. The Kier molecular flexibility index (Phi) is 5.27. The molecule has 0 radical (unpaired) electrons. The maximum Gasteiger partial charge on any atom is 0.253 e. The SMILES string of the molecule is COc1ccc(C(C)NC(=O)c2ccc(Cl)cc2Cl)cc1F. The van der Waals surface area contributed by atoms with Crippen molar-refractivity contribution in [2.24, 2.45) is 0 Å². The van der Waals surface area contributed by atoms with Crippen LogP contribution in [0.4, 0.5) is 4.39 Å². The maximum absolute atomic E-state index is 13.7. The van der Waals surface area contributed by atoms with E-state index in [9.17, 15) is 9.18 Å². The summed E-state index contributed by atoms with van der Waals surface area (Å²) in [6, 6.07) is 8.77. The minimum absolute atomic E-state index is 0.156. The van der Waals surface area contributed by atoms with E-state index in [1.165, 1.54) is 25.3 Å². The molecule has 0 fully saturated rings. The first kappa shape index (κ1) is 16.6. The monoisotopic (exact) mass is 341 g/mol. The summed E-state index contributed by atoms with van der Waals surface area (Å²) in [4.78, 5) is 12.2. The quantitative estimate of drug-likeness (QED) is 0.880. The van der Waals surface area contributed by atoms with Gasteiger partial charge in [-0.25, -0.2) is 4.39 Å². The normalized spacial score (nSPS) is 11.9. The van der Waals surface area contributed by atoms with Gasteiger partial charge in [-0.1, -0.05) is 29.3 Å². The largest absolute Gasteiger partial charge is 0.494 e. The molecule has 116 valence electrons. The molecule has 0 bridgehead atoms. The third kappa shape index (κ3) is 3.70. The van der Waals surface area contributed by atoms with Gasteiger partial charge in [0.05, 0.1) is 23.7 Å². The Bertz CT molecular complexity index is 707. The zero-order valence-corrected chi connectivity index (χ0v) is 13.5. The number of benzene rings is 2. The second-order valence-electron chi connectivity index (χ2n) is 4.71. The molecule has 0 aromatic heterocycles. The Hall–Kier alpha value is -1.78. The van der Waals surface area contributed by atoms with Crippen molar-refractivity contribution >= 4 is 29.1 Å². The van der Waals surface area contributed by atoms with E-state index in [4.69, 9.17) is 27.9 Å². The van der Waals surface area contributed by atoms with E-state index in [-0.39, 0.29) is 22.7 Å². The van der Waals surface area contributed by atoms with Crippen LogP contribution in [0.2, 0.25) is 10.0 Å². The number of methoxy groups -OCH3 is 1. The summed E-state index contributed by atoms with van der Waals surface area (Å²) < 4.78 is 18.6. The smallest absolute Gasteiger partial charge is 0.253 e. The lowest BCUT2D eigenvalue weighted by atomic mass is 10.1. The van der Waals surface area contributed by atoms with Crippen LogP contribution < -0.4 is 10.1 Å². The fraction of sp³-hybridized carbons (Fsp3) is 0.188. The predicted octanol–water partition coefficient (Wildman–Crippen LogP) is 4.63. The van der Waals surface area contributed by atoms with Gasteiger partial charge in [0, 0.05) is 5.02 Å². The van der Waals surface area contributed by atoms with Crippen molar-refractivity contribution in [1.82, 2.24) is 5.32 Å². The highest BCUT2D eigenvalue weighted by Gasteiger charge is 2.15. The molecule has 3 nitrogen and oxygen atoms in total. The molecule has 1 unspecified atom stereocenters. The number of nitrogens with one attached hydrogen (secondary N) is 1. The van der Waals surface area contributed by atoms with Crippen LogP contribution in [0.3, 0.4) is 0 Å². The molecule has 2 aromatic rings. The summed E-state index contributed by atoms with van der Waals surface area (Å²) in [6.45, 7) is 1.75. The van der Waals surface area contributed by atoms with Gasteiger partial charge in [-0.3, -0.25) is 4.79 Å². The highest BCUT2D eigenvalue weighted by Crippen LogP contribution is 2.24. The average Bonchev–Trinajstić information content (AvgIpc) is 2.46. The number of carbonyl (C=O) groups excluding carboxylic acids is 1. The lowest BCUT2D eigenvalue weighted by Crippen LogP contribution is -2.27. The molecular weight excluding hydrogens is 328 g/mol. The fourth-order valence-electron chi connectivity index (χ4n) is 1.98. The molecular formula is C16H14Cl2FNO2. The summed E-state index contributed by atoms with van der Waals surface area (Å²) in [5, 5.41) is 3.48. The number of halogens is 3. The molecule has 1 amide bonds. The second kappa shape index (κ2) is 6.99. The van der Waals surface area contributed by atoms with E-state index in [2.05, 4.69) is 5.32 Å². The minimum atomic E-state index is -0.481. The van der Waals surface area contributed by atoms with Crippen molar-refractivity contribution in [2.45, 2.75) is 13.0 Å². The van der Waals surface area contributed by atoms with E-state index >= 15 is 0 Å². The molecule has 0 aliphatic carbocycles. The molecule has 0 saturated carbocycles. The molecule has 0 heterocycles.